The summed E-state index contributed by atoms with van der Waals surface area (Å²) in [7, 11) is 3.48. The second kappa shape index (κ2) is 15.9. The summed E-state index contributed by atoms with van der Waals surface area (Å²) < 4.78 is 5.87. The number of carbonyl (C=O) groups is 3. The Morgan fingerprint density at radius 2 is 1.79 bits per heavy atom. The van der Waals surface area contributed by atoms with Gasteiger partial charge in [-0.2, -0.15) is 0 Å². The molecule has 38 heavy (non-hydrogen) atoms. The summed E-state index contributed by atoms with van der Waals surface area (Å²) in [6.07, 6.45) is 4.54. The summed E-state index contributed by atoms with van der Waals surface area (Å²) in [5, 5.41) is 3.06. The number of methoxy groups -OCH3 is 1. The molecule has 1 aliphatic heterocycles. The van der Waals surface area contributed by atoms with Crippen molar-refractivity contribution in [2.24, 2.45) is 17.8 Å². The van der Waals surface area contributed by atoms with E-state index in [0.29, 0.717) is 25.9 Å². The van der Waals surface area contributed by atoms with Crippen LogP contribution in [0.2, 0.25) is 0 Å². The molecular formula is C31H51N3O4. The highest BCUT2D eigenvalue weighted by atomic mass is 16.5. The Morgan fingerprint density at radius 3 is 2.39 bits per heavy atom. The van der Waals surface area contributed by atoms with Gasteiger partial charge in [0, 0.05) is 45.6 Å². The van der Waals surface area contributed by atoms with Gasteiger partial charge in [0.25, 0.3) is 0 Å². The molecule has 1 saturated heterocycles. The van der Waals surface area contributed by atoms with Crippen LogP contribution in [0.15, 0.2) is 30.3 Å². The Bertz CT molecular complexity index is 875. The molecule has 4 unspecified atom stereocenters. The lowest BCUT2D eigenvalue weighted by atomic mass is 9.90. The van der Waals surface area contributed by atoms with Crippen molar-refractivity contribution in [1.82, 2.24) is 15.1 Å². The number of benzene rings is 1. The molecule has 214 valence electrons. The number of likely N-dealkylation sites (N-methyl/N-ethyl adjacent to an activating group) is 1. The van der Waals surface area contributed by atoms with E-state index in [4.69, 9.17) is 4.74 Å². The molecule has 0 aliphatic carbocycles. The number of hydrogen-bond acceptors (Lipinski definition) is 4. The number of amides is 3. The third-order valence-electron chi connectivity index (χ3n) is 8.04. The maximum absolute atomic E-state index is 13.5. The highest BCUT2D eigenvalue weighted by molar-refractivity contribution is 5.80. The SMILES string of the molecule is CCC(C)C(C(CC(=O)N1CCC[C@H]1CC(C)C(=O)NCCc1ccccc1)OC)N(C)C(=O)CC(C)C. The zero-order valence-corrected chi connectivity index (χ0v) is 24.7. The molecule has 0 bridgehead atoms. The van der Waals surface area contributed by atoms with Crippen molar-refractivity contribution in [1.29, 1.82) is 0 Å². The normalized spacial score (nSPS) is 18.6. The second-order valence-corrected chi connectivity index (χ2v) is 11.5. The molecule has 0 aromatic heterocycles. The van der Waals surface area contributed by atoms with Crippen LogP contribution in [0.4, 0.5) is 0 Å². The molecule has 0 radical (unpaired) electrons. The fraction of sp³-hybridized carbons (Fsp3) is 0.710. The van der Waals surface area contributed by atoms with Crippen LogP contribution < -0.4 is 5.32 Å². The Kier molecular flexibility index (Phi) is 13.3. The smallest absolute Gasteiger partial charge is 0.225 e. The van der Waals surface area contributed by atoms with Crippen LogP contribution in [-0.2, 0) is 25.5 Å². The molecule has 0 spiro atoms. The van der Waals surface area contributed by atoms with Crippen molar-refractivity contribution in [3.63, 3.8) is 0 Å². The molecule has 1 aromatic carbocycles. The molecule has 2 rings (SSSR count). The van der Waals surface area contributed by atoms with Crippen LogP contribution >= 0.6 is 0 Å². The van der Waals surface area contributed by atoms with Crippen LogP contribution in [0.5, 0.6) is 0 Å². The minimum Gasteiger partial charge on any atom is -0.379 e. The van der Waals surface area contributed by atoms with Gasteiger partial charge in [0.05, 0.1) is 18.6 Å². The number of hydrogen-bond donors (Lipinski definition) is 1. The van der Waals surface area contributed by atoms with Gasteiger partial charge in [0.15, 0.2) is 0 Å². The van der Waals surface area contributed by atoms with E-state index in [9.17, 15) is 14.4 Å². The van der Waals surface area contributed by atoms with Crippen LogP contribution in [0.1, 0.15) is 78.7 Å². The number of carbonyl (C=O) groups excluding carboxylic acids is 3. The van der Waals surface area contributed by atoms with Crippen molar-refractivity contribution in [2.75, 3.05) is 27.2 Å². The third-order valence-corrected chi connectivity index (χ3v) is 8.04. The first-order chi connectivity index (χ1) is 18.1. The Labute approximate surface area is 230 Å². The second-order valence-electron chi connectivity index (χ2n) is 11.5. The van der Waals surface area contributed by atoms with Gasteiger partial charge in [-0.3, -0.25) is 14.4 Å². The lowest BCUT2D eigenvalue weighted by Crippen LogP contribution is -2.51. The first kappa shape index (κ1) is 31.8. The summed E-state index contributed by atoms with van der Waals surface area (Å²) >= 11 is 0. The fourth-order valence-corrected chi connectivity index (χ4v) is 5.60. The number of ether oxygens (including phenoxy) is 1. The lowest BCUT2D eigenvalue weighted by Gasteiger charge is -2.39. The van der Waals surface area contributed by atoms with E-state index in [2.05, 4.69) is 31.3 Å². The number of likely N-dealkylation sites (tertiary alicyclic amines) is 1. The Morgan fingerprint density at radius 1 is 1.11 bits per heavy atom. The van der Waals surface area contributed by atoms with Gasteiger partial charge in [0.1, 0.15) is 0 Å². The molecule has 1 heterocycles. The number of rotatable bonds is 15. The van der Waals surface area contributed by atoms with Gasteiger partial charge < -0.3 is 19.9 Å². The predicted octanol–water partition coefficient (Wildman–Crippen LogP) is 4.69. The molecule has 5 atom stereocenters. The van der Waals surface area contributed by atoms with E-state index >= 15 is 0 Å². The van der Waals surface area contributed by atoms with E-state index in [0.717, 1.165) is 25.7 Å². The molecule has 1 N–H and O–H groups in total. The van der Waals surface area contributed by atoms with E-state index in [1.54, 1.807) is 12.0 Å². The molecule has 0 saturated carbocycles. The van der Waals surface area contributed by atoms with Gasteiger partial charge in [-0.05, 0) is 43.1 Å². The minimum absolute atomic E-state index is 0.0390. The Balaban J connectivity index is 1.98. The summed E-state index contributed by atoms with van der Waals surface area (Å²) in [4.78, 5) is 43.0. The van der Waals surface area contributed by atoms with Crippen LogP contribution in [-0.4, -0.2) is 73.0 Å². The van der Waals surface area contributed by atoms with Gasteiger partial charge in [-0.25, -0.2) is 0 Å². The van der Waals surface area contributed by atoms with Crippen LogP contribution in [0, 0.1) is 17.8 Å². The predicted molar refractivity (Wildman–Crippen MR) is 153 cm³/mol. The van der Waals surface area contributed by atoms with Crippen molar-refractivity contribution in [3.8, 4) is 0 Å². The van der Waals surface area contributed by atoms with E-state index in [1.165, 1.54) is 5.56 Å². The first-order valence-corrected chi connectivity index (χ1v) is 14.5. The number of nitrogens with one attached hydrogen (secondary N) is 1. The maximum Gasteiger partial charge on any atom is 0.225 e. The van der Waals surface area contributed by atoms with E-state index in [-0.39, 0.29) is 60.1 Å². The topological polar surface area (TPSA) is 79.0 Å². The van der Waals surface area contributed by atoms with Crippen molar-refractivity contribution in [3.05, 3.63) is 35.9 Å². The zero-order valence-electron chi connectivity index (χ0n) is 24.7. The maximum atomic E-state index is 13.5. The van der Waals surface area contributed by atoms with Gasteiger partial charge in [-0.15, -0.1) is 0 Å². The first-order valence-electron chi connectivity index (χ1n) is 14.5. The highest BCUT2D eigenvalue weighted by Crippen LogP contribution is 2.28. The van der Waals surface area contributed by atoms with Gasteiger partial charge >= 0.3 is 0 Å². The minimum atomic E-state index is -0.376. The summed E-state index contributed by atoms with van der Waals surface area (Å²) in [5.41, 5.74) is 1.20. The van der Waals surface area contributed by atoms with Crippen LogP contribution in [0.3, 0.4) is 0 Å². The van der Waals surface area contributed by atoms with Crippen molar-refractivity contribution >= 4 is 17.7 Å². The quantitative estimate of drug-likeness (QED) is 0.358. The Hall–Kier alpha value is -2.41. The monoisotopic (exact) mass is 529 g/mol. The van der Waals surface area contributed by atoms with Crippen molar-refractivity contribution < 1.29 is 19.1 Å². The summed E-state index contributed by atoms with van der Waals surface area (Å²) in [6, 6.07) is 10.0. The van der Waals surface area contributed by atoms with Crippen LogP contribution in [0.25, 0.3) is 0 Å². The average molecular weight is 530 g/mol. The van der Waals surface area contributed by atoms with Gasteiger partial charge in [0.2, 0.25) is 17.7 Å². The molecular weight excluding hydrogens is 478 g/mol. The average Bonchev–Trinajstić information content (AvgIpc) is 3.36. The van der Waals surface area contributed by atoms with Gasteiger partial charge in [-0.1, -0.05) is 71.4 Å². The highest BCUT2D eigenvalue weighted by Gasteiger charge is 2.37. The van der Waals surface area contributed by atoms with E-state index < -0.39 is 0 Å². The molecule has 1 aromatic rings. The van der Waals surface area contributed by atoms with E-state index in [1.807, 2.05) is 50.9 Å². The number of nitrogens with zero attached hydrogens (tertiary/aromatic N) is 2. The third kappa shape index (κ3) is 9.40. The summed E-state index contributed by atoms with van der Waals surface area (Å²) in [5.74, 6) is 0.475. The molecule has 7 heteroatoms. The molecule has 3 amide bonds. The molecule has 1 aliphatic rings. The van der Waals surface area contributed by atoms with Crippen molar-refractivity contribution in [2.45, 2.75) is 97.8 Å². The lowest BCUT2D eigenvalue weighted by molar-refractivity contribution is -0.143. The largest absolute Gasteiger partial charge is 0.379 e. The molecule has 1 fully saturated rings. The summed E-state index contributed by atoms with van der Waals surface area (Å²) in [6.45, 7) is 11.6. The fourth-order valence-electron chi connectivity index (χ4n) is 5.60. The zero-order chi connectivity index (χ0) is 28.2. The molecule has 7 nitrogen and oxygen atoms in total. The standard InChI is InChI=1S/C31H51N3O4/c1-8-23(4)30(33(6)28(35)19-22(2)3)27(38-7)21-29(36)34-18-12-15-26(34)20-24(5)31(37)32-17-16-25-13-10-9-11-14-25/h9-11,13-14,22-24,26-27,30H,8,12,15-21H2,1-7H3,(H,32,37)/t23?,24?,26-,27?,30?/m0/s1.